The molecule has 1 amide bonds. The number of nitrogens with zero attached hydrogens (tertiary/aromatic N) is 2. The third kappa shape index (κ3) is 5.56. The first-order valence-electron chi connectivity index (χ1n) is 11.0. The van der Waals surface area contributed by atoms with Crippen molar-refractivity contribution < 1.29 is 13.6 Å². The molecule has 1 fully saturated rings. The predicted molar refractivity (Wildman–Crippen MR) is 120 cm³/mol. The molecule has 4 nitrogen and oxygen atoms in total. The minimum atomic E-state index is -0.824. The number of hydrogen-bond acceptors (Lipinski definition) is 3. The van der Waals surface area contributed by atoms with Crippen molar-refractivity contribution in [1.29, 1.82) is 0 Å². The van der Waals surface area contributed by atoms with E-state index in [9.17, 15) is 13.6 Å². The Morgan fingerprint density at radius 3 is 2.66 bits per heavy atom. The molecule has 0 aliphatic carbocycles. The monoisotopic (exact) mass is 435 g/mol. The number of halogens is 2. The summed E-state index contributed by atoms with van der Waals surface area (Å²) in [6.07, 6.45) is 3.87. The van der Waals surface area contributed by atoms with Gasteiger partial charge < -0.3 is 5.32 Å². The quantitative estimate of drug-likeness (QED) is 0.587. The molecule has 0 radical (unpaired) electrons. The van der Waals surface area contributed by atoms with Crippen LogP contribution in [0, 0.1) is 17.6 Å². The van der Waals surface area contributed by atoms with Gasteiger partial charge >= 0.3 is 0 Å². The van der Waals surface area contributed by atoms with Crippen molar-refractivity contribution in [3.8, 4) is 0 Å². The van der Waals surface area contributed by atoms with Crippen molar-refractivity contribution in [2.45, 2.75) is 31.8 Å². The van der Waals surface area contributed by atoms with E-state index in [2.05, 4.69) is 15.2 Å². The molecule has 1 aliphatic rings. The minimum absolute atomic E-state index is 0.0554. The van der Waals surface area contributed by atoms with E-state index in [1.54, 1.807) is 12.3 Å². The number of hydrogen-bond donors (Lipinski definition) is 1. The molecule has 2 atom stereocenters. The number of carbonyl (C=O) groups is 1. The fourth-order valence-corrected chi connectivity index (χ4v) is 4.42. The Labute approximate surface area is 187 Å². The van der Waals surface area contributed by atoms with Crippen LogP contribution in [-0.4, -0.2) is 28.9 Å². The summed E-state index contributed by atoms with van der Waals surface area (Å²) >= 11 is 0. The summed E-state index contributed by atoms with van der Waals surface area (Å²) in [5.74, 6) is -1.54. The average Bonchev–Trinajstić information content (AvgIpc) is 2.82. The van der Waals surface area contributed by atoms with Crippen LogP contribution in [0.3, 0.4) is 0 Å². The Morgan fingerprint density at radius 1 is 1.06 bits per heavy atom. The van der Waals surface area contributed by atoms with Crippen molar-refractivity contribution in [3.05, 3.63) is 101 Å². The Hall–Kier alpha value is -3.12. The molecular weight excluding hydrogens is 408 g/mol. The first-order chi connectivity index (χ1) is 15.6. The van der Waals surface area contributed by atoms with Gasteiger partial charge in [-0.15, -0.1) is 0 Å². The number of likely N-dealkylation sites (tertiary alicyclic amines) is 1. The van der Waals surface area contributed by atoms with Gasteiger partial charge in [0.15, 0.2) is 11.6 Å². The lowest BCUT2D eigenvalue weighted by Crippen LogP contribution is -2.43. The van der Waals surface area contributed by atoms with Crippen molar-refractivity contribution in [2.24, 2.45) is 5.92 Å². The van der Waals surface area contributed by atoms with Crippen LogP contribution in [0.25, 0.3) is 0 Å². The fraction of sp³-hybridized carbons (Fsp3) is 0.308. The standard InChI is InChI=1S/C26H27F2N3O/c27-22-12-6-10-20(25(22)28)17-31-15-7-11-21(18-31)26(23-13-4-5-14-29-23)30-24(32)16-19-8-2-1-3-9-19/h1-6,8-10,12-14,21,26H,7,11,15-18H2,(H,30,32)/t21-,26-/m0/s1. The van der Waals surface area contributed by atoms with Crippen LogP contribution >= 0.6 is 0 Å². The van der Waals surface area contributed by atoms with E-state index in [0.717, 1.165) is 36.7 Å². The lowest BCUT2D eigenvalue weighted by molar-refractivity contribution is -0.121. The van der Waals surface area contributed by atoms with Gasteiger partial charge in [0.1, 0.15) is 0 Å². The molecule has 1 saturated heterocycles. The number of pyridine rings is 1. The summed E-state index contributed by atoms with van der Waals surface area (Å²) in [6.45, 7) is 1.81. The van der Waals surface area contributed by atoms with E-state index in [0.29, 0.717) is 25.1 Å². The maximum absolute atomic E-state index is 14.2. The Bertz CT molecular complexity index is 1030. The van der Waals surface area contributed by atoms with Crippen LogP contribution in [0.5, 0.6) is 0 Å². The third-order valence-corrected chi connectivity index (χ3v) is 5.97. The van der Waals surface area contributed by atoms with Gasteiger partial charge in [-0.2, -0.15) is 0 Å². The lowest BCUT2D eigenvalue weighted by atomic mass is 9.88. The zero-order valence-electron chi connectivity index (χ0n) is 17.9. The summed E-state index contributed by atoms with van der Waals surface area (Å²) in [6, 6.07) is 19.4. The molecule has 166 valence electrons. The van der Waals surface area contributed by atoms with Gasteiger partial charge in [-0.1, -0.05) is 48.5 Å². The second-order valence-corrected chi connectivity index (χ2v) is 8.31. The van der Waals surface area contributed by atoms with Crippen molar-refractivity contribution in [1.82, 2.24) is 15.2 Å². The van der Waals surface area contributed by atoms with Gasteiger partial charge in [0.05, 0.1) is 18.2 Å². The summed E-state index contributed by atoms with van der Waals surface area (Å²) in [5, 5.41) is 3.19. The first-order valence-corrected chi connectivity index (χ1v) is 11.0. The molecule has 0 spiro atoms. The topological polar surface area (TPSA) is 45.2 Å². The molecule has 3 aromatic rings. The summed E-state index contributed by atoms with van der Waals surface area (Å²) in [4.78, 5) is 19.5. The van der Waals surface area contributed by atoms with Gasteiger partial charge in [-0.3, -0.25) is 14.7 Å². The second-order valence-electron chi connectivity index (χ2n) is 8.31. The molecule has 0 saturated carbocycles. The van der Waals surface area contributed by atoms with E-state index in [-0.39, 0.29) is 17.9 Å². The van der Waals surface area contributed by atoms with E-state index in [1.807, 2.05) is 48.5 Å². The normalized spacial score (nSPS) is 17.6. The highest BCUT2D eigenvalue weighted by Crippen LogP contribution is 2.30. The van der Waals surface area contributed by atoms with Crippen LogP contribution in [0.1, 0.15) is 35.7 Å². The molecule has 6 heteroatoms. The molecule has 1 N–H and O–H groups in total. The van der Waals surface area contributed by atoms with Gasteiger partial charge in [0, 0.05) is 24.8 Å². The van der Waals surface area contributed by atoms with Gasteiger partial charge in [-0.05, 0) is 49.1 Å². The molecule has 1 aliphatic heterocycles. The lowest BCUT2D eigenvalue weighted by Gasteiger charge is -2.37. The average molecular weight is 436 g/mol. The molecule has 0 unspecified atom stereocenters. The third-order valence-electron chi connectivity index (χ3n) is 5.97. The Balaban J connectivity index is 1.49. The van der Waals surface area contributed by atoms with E-state index >= 15 is 0 Å². The van der Waals surface area contributed by atoms with Crippen molar-refractivity contribution in [2.75, 3.05) is 13.1 Å². The highest BCUT2D eigenvalue weighted by atomic mass is 19.2. The first kappa shape index (κ1) is 22.1. The summed E-state index contributed by atoms with van der Waals surface area (Å²) < 4.78 is 27.8. The maximum atomic E-state index is 14.2. The van der Waals surface area contributed by atoms with Crippen molar-refractivity contribution >= 4 is 5.91 Å². The van der Waals surface area contributed by atoms with Crippen LogP contribution in [-0.2, 0) is 17.8 Å². The minimum Gasteiger partial charge on any atom is -0.347 e. The number of piperidine rings is 1. The number of rotatable bonds is 7. The van der Waals surface area contributed by atoms with E-state index in [1.165, 1.54) is 6.07 Å². The van der Waals surface area contributed by atoms with E-state index in [4.69, 9.17) is 0 Å². The molecule has 0 bridgehead atoms. The number of amides is 1. The molecule has 32 heavy (non-hydrogen) atoms. The van der Waals surface area contributed by atoms with Gasteiger partial charge in [0.25, 0.3) is 0 Å². The maximum Gasteiger partial charge on any atom is 0.224 e. The van der Waals surface area contributed by atoms with Crippen LogP contribution in [0.4, 0.5) is 8.78 Å². The molecular formula is C26H27F2N3O. The highest BCUT2D eigenvalue weighted by molar-refractivity contribution is 5.79. The largest absolute Gasteiger partial charge is 0.347 e. The zero-order valence-corrected chi connectivity index (χ0v) is 17.9. The zero-order chi connectivity index (χ0) is 22.3. The van der Waals surface area contributed by atoms with Gasteiger partial charge in [0.2, 0.25) is 5.91 Å². The van der Waals surface area contributed by atoms with Crippen LogP contribution in [0.2, 0.25) is 0 Å². The smallest absolute Gasteiger partial charge is 0.224 e. The predicted octanol–water partition coefficient (Wildman–Crippen LogP) is 4.67. The SMILES string of the molecule is O=C(Cc1ccccc1)N[C@H](c1ccccn1)[C@H]1CCCN(Cc2cccc(F)c2F)C1. The number of aromatic nitrogens is 1. The Kier molecular flexibility index (Phi) is 7.22. The fourth-order valence-electron chi connectivity index (χ4n) is 4.42. The number of benzene rings is 2. The molecule has 4 rings (SSSR count). The van der Waals surface area contributed by atoms with E-state index < -0.39 is 11.6 Å². The summed E-state index contributed by atoms with van der Waals surface area (Å²) in [5.41, 5.74) is 2.13. The van der Waals surface area contributed by atoms with Crippen molar-refractivity contribution in [3.63, 3.8) is 0 Å². The Morgan fingerprint density at radius 2 is 1.88 bits per heavy atom. The second kappa shape index (κ2) is 10.5. The molecule has 2 heterocycles. The number of nitrogens with one attached hydrogen (secondary N) is 1. The molecule has 2 aromatic carbocycles. The van der Waals surface area contributed by atoms with Gasteiger partial charge in [-0.25, -0.2) is 8.78 Å². The molecule has 1 aromatic heterocycles. The highest BCUT2D eigenvalue weighted by Gasteiger charge is 2.30. The number of carbonyl (C=O) groups excluding carboxylic acids is 1. The van der Waals surface area contributed by atoms with Crippen LogP contribution < -0.4 is 5.32 Å². The van der Waals surface area contributed by atoms with Crippen LogP contribution in [0.15, 0.2) is 72.9 Å². The summed E-state index contributed by atoms with van der Waals surface area (Å²) in [7, 11) is 0.